The lowest BCUT2D eigenvalue weighted by atomic mass is 10.3. The fourth-order valence-electron chi connectivity index (χ4n) is 2.10. The topological polar surface area (TPSA) is 118 Å². The predicted octanol–water partition coefficient (Wildman–Crippen LogP) is 0.0514. The highest BCUT2D eigenvalue weighted by Crippen LogP contribution is 2.31. The lowest BCUT2D eigenvalue weighted by molar-refractivity contribution is -0.383. The third kappa shape index (κ3) is 2.95. The number of hydrogen-bond acceptors (Lipinski definition) is 8. The van der Waals surface area contributed by atoms with Crippen LogP contribution in [0.5, 0.6) is 0 Å². The molecule has 1 aliphatic heterocycles. The zero-order valence-corrected chi connectivity index (χ0v) is 11.8. The van der Waals surface area contributed by atoms with Gasteiger partial charge in [-0.1, -0.05) is 0 Å². The van der Waals surface area contributed by atoms with Crippen LogP contribution in [0.1, 0.15) is 6.42 Å². The molecule has 0 bridgehead atoms. The molecule has 0 atom stereocenters. The van der Waals surface area contributed by atoms with Gasteiger partial charge in [-0.3, -0.25) is 10.1 Å². The Kier molecular flexibility index (Phi) is 4.02. The highest BCUT2D eigenvalue weighted by Gasteiger charge is 2.29. The summed E-state index contributed by atoms with van der Waals surface area (Å²) in [6.07, 6.45) is 1.66. The first-order chi connectivity index (χ1) is 9.44. The molecule has 2 rings (SSSR count). The molecule has 1 fully saturated rings. The molecule has 0 spiro atoms. The van der Waals surface area contributed by atoms with E-state index < -0.39 is 14.8 Å². The van der Waals surface area contributed by atoms with Crippen molar-refractivity contribution < 1.29 is 13.3 Å². The summed E-state index contributed by atoms with van der Waals surface area (Å²) >= 11 is 0. The number of rotatable bonds is 3. The first kappa shape index (κ1) is 14.4. The van der Waals surface area contributed by atoms with E-state index in [-0.39, 0.29) is 35.4 Å². The Hall–Kier alpha value is -1.97. The quantitative estimate of drug-likeness (QED) is 0.614. The van der Waals surface area contributed by atoms with Crippen molar-refractivity contribution in [2.75, 3.05) is 41.9 Å². The van der Waals surface area contributed by atoms with Gasteiger partial charge in [-0.15, -0.1) is 0 Å². The number of anilines is 2. The molecular formula is C10H15N5O4S. The van der Waals surface area contributed by atoms with E-state index in [2.05, 4.69) is 15.3 Å². The molecule has 9 nitrogen and oxygen atoms in total. The third-order valence-electron chi connectivity index (χ3n) is 3.08. The molecule has 0 radical (unpaired) electrons. The van der Waals surface area contributed by atoms with E-state index in [1.807, 2.05) is 0 Å². The molecule has 10 heteroatoms. The molecule has 1 aromatic heterocycles. The number of nitrogens with one attached hydrogen (secondary N) is 1. The smallest absolute Gasteiger partial charge is 0.353 e. The van der Waals surface area contributed by atoms with Crippen LogP contribution in [0.2, 0.25) is 0 Å². The van der Waals surface area contributed by atoms with E-state index in [0.717, 1.165) is 0 Å². The summed E-state index contributed by atoms with van der Waals surface area (Å²) in [4.78, 5) is 20.1. The molecule has 0 amide bonds. The first-order valence-corrected chi connectivity index (χ1v) is 7.89. The maximum atomic E-state index is 11.6. The molecular weight excluding hydrogens is 286 g/mol. The minimum Gasteiger partial charge on any atom is -0.367 e. The average molecular weight is 301 g/mol. The van der Waals surface area contributed by atoms with Crippen LogP contribution in [0.3, 0.4) is 0 Å². The van der Waals surface area contributed by atoms with Crippen molar-refractivity contribution in [3.63, 3.8) is 0 Å². The van der Waals surface area contributed by atoms with E-state index >= 15 is 0 Å². The van der Waals surface area contributed by atoms with E-state index in [9.17, 15) is 18.5 Å². The van der Waals surface area contributed by atoms with Crippen molar-refractivity contribution in [2.45, 2.75) is 6.42 Å². The van der Waals surface area contributed by atoms with E-state index in [1.165, 1.54) is 13.4 Å². The summed E-state index contributed by atoms with van der Waals surface area (Å²) in [5.41, 5.74) is -0.228. The number of sulfone groups is 1. The molecule has 0 aromatic carbocycles. The molecule has 0 saturated carbocycles. The second-order valence-electron chi connectivity index (χ2n) is 4.39. The Bertz CT molecular complexity index is 618. The minimum atomic E-state index is -3.08. The molecule has 20 heavy (non-hydrogen) atoms. The zero-order chi connectivity index (χ0) is 14.8. The van der Waals surface area contributed by atoms with E-state index in [1.54, 1.807) is 4.90 Å². The van der Waals surface area contributed by atoms with Gasteiger partial charge in [0.25, 0.3) is 0 Å². The number of nitrogens with zero attached hydrogens (tertiary/aromatic N) is 4. The SMILES string of the molecule is CNc1ncnc(N2CCCS(=O)(=O)CC2)c1[N+](=O)[O-]. The highest BCUT2D eigenvalue weighted by atomic mass is 32.2. The molecule has 1 saturated heterocycles. The van der Waals surface area contributed by atoms with Gasteiger partial charge in [0.1, 0.15) is 6.33 Å². The van der Waals surface area contributed by atoms with Gasteiger partial charge in [0.05, 0.1) is 16.4 Å². The molecule has 0 aliphatic carbocycles. The fraction of sp³-hybridized carbons (Fsp3) is 0.600. The van der Waals surface area contributed by atoms with Crippen LogP contribution in [0, 0.1) is 10.1 Å². The molecule has 1 aliphatic rings. The number of nitro groups is 1. The van der Waals surface area contributed by atoms with Gasteiger partial charge in [-0.2, -0.15) is 0 Å². The van der Waals surface area contributed by atoms with Crippen molar-refractivity contribution in [3.05, 3.63) is 16.4 Å². The summed E-state index contributed by atoms with van der Waals surface area (Å²) in [5, 5.41) is 13.8. The fourth-order valence-corrected chi connectivity index (χ4v) is 3.37. The molecule has 0 unspecified atom stereocenters. The maximum absolute atomic E-state index is 11.6. The summed E-state index contributed by atoms with van der Waals surface area (Å²) in [5.74, 6) is 0.350. The van der Waals surface area contributed by atoms with Crippen LogP contribution >= 0.6 is 0 Å². The van der Waals surface area contributed by atoms with E-state index in [0.29, 0.717) is 13.0 Å². The van der Waals surface area contributed by atoms with Crippen molar-refractivity contribution in [3.8, 4) is 0 Å². The molecule has 1 N–H and O–H groups in total. The van der Waals surface area contributed by atoms with Crippen LogP contribution in [0.25, 0.3) is 0 Å². The van der Waals surface area contributed by atoms with Crippen molar-refractivity contribution in [1.29, 1.82) is 0 Å². The Labute approximate surface area is 116 Å². The van der Waals surface area contributed by atoms with Crippen molar-refractivity contribution in [1.82, 2.24) is 9.97 Å². The predicted molar refractivity (Wildman–Crippen MR) is 73.7 cm³/mol. The zero-order valence-electron chi connectivity index (χ0n) is 10.9. The summed E-state index contributed by atoms with van der Waals surface area (Å²) in [6, 6.07) is 0. The largest absolute Gasteiger partial charge is 0.367 e. The standard InChI is InChI=1S/C10H15N5O4S/c1-11-9-8(15(16)17)10(13-7-12-9)14-3-2-5-20(18,19)6-4-14/h7H,2-6H2,1H3,(H,11,12,13). The van der Waals surface area contributed by atoms with Crippen LogP contribution < -0.4 is 10.2 Å². The molecule has 1 aromatic rings. The lowest BCUT2D eigenvalue weighted by Crippen LogP contribution is -2.28. The second kappa shape index (κ2) is 5.57. The summed E-state index contributed by atoms with van der Waals surface area (Å²) in [7, 11) is -1.55. The number of aromatic nitrogens is 2. The third-order valence-corrected chi connectivity index (χ3v) is 4.79. The van der Waals surface area contributed by atoms with Gasteiger partial charge in [0.15, 0.2) is 9.84 Å². The van der Waals surface area contributed by atoms with Crippen LogP contribution in [0.4, 0.5) is 17.3 Å². The summed E-state index contributed by atoms with van der Waals surface area (Å²) in [6.45, 7) is 0.615. The normalized spacial score (nSPS) is 18.4. The minimum absolute atomic E-state index is 0.0248. The summed E-state index contributed by atoms with van der Waals surface area (Å²) < 4.78 is 23.2. The van der Waals surface area contributed by atoms with Crippen LogP contribution in [-0.2, 0) is 9.84 Å². The Morgan fingerprint density at radius 3 is 2.75 bits per heavy atom. The number of hydrogen-bond donors (Lipinski definition) is 1. The van der Waals surface area contributed by atoms with Crippen molar-refractivity contribution >= 4 is 27.2 Å². The van der Waals surface area contributed by atoms with E-state index in [4.69, 9.17) is 0 Å². The second-order valence-corrected chi connectivity index (χ2v) is 6.70. The van der Waals surface area contributed by atoms with Crippen molar-refractivity contribution in [2.24, 2.45) is 0 Å². The first-order valence-electron chi connectivity index (χ1n) is 6.07. The van der Waals surface area contributed by atoms with Crippen LogP contribution in [-0.4, -0.2) is 55.0 Å². The highest BCUT2D eigenvalue weighted by molar-refractivity contribution is 7.91. The van der Waals surface area contributed by atoms with Gasteiger partial charge in [0.2, 0.25) is 11.6 Å². The Morgan fingerprint density at radius 1 is 1.35 bits per heavy atom. The maximum Gasteiger partial charge on any atom is 0.353 e. The average Bonchev–Trinajstić information content (AvgIpc) is 2.58. The lowest BCUT2D eigenvalue weighted by Gasteiger charge is -2.20. The van der Waals surface area contributed by atoms with Gasteiger partial charge in [-0.05, 0) is 6.42 Å². The monoisotopic (exact) mass is 301 g/mol. The van der Waals surface area contributed by atoms with Gasteiger partial charge in [0, 0.05) is 20.1 Å². The molecule has 110 valence electrons. The van der Waals surface area contributed by atoms with Gasteiger partial charge < -0.3 is 10.2 Å². The molecule has 2 heterocycles. The van der Waals surface area contributed by atoms with Crippen LogP contribution in [0.15, 0.2) is 6.33 Å². The van der Waals surface area contributed by atoms with Gasteiger partial charge >= 0.3 is 5.69 Å². The van der Waals surface area contributed by atoms with Gasteiger partial charge in [-0.25, -0.2) is 18.4 Å². The Balaban J connectivity index is 2.39. The Morgan fingerprint density at radius 2 is 2.10 bits per heavy atom.